The van der Waals surface area contributed by atoms with Gasteiger partial charge in [0.2, 0.25) is 0 Å². The van der Waals surface area contributed by atoms with Crippen molar-refractivity contribution in [2.45, 2.75) is 64.3 Å². The minimum Gasteiger partial charge on any atom is -0.299 e. The molecule has 118 valence electrons. The fraction of sp³-hybridized carbons (Fsp3) is 0.550. The van der Waals surface area contributed by atoms with Crippen LogP contribution in [-0.4, -0.2) is 11.4 Å². The minimum absolute atomic E-state index is 0.144. The van der Waals surface area contributed by atoms with Gasteiger partial charge in [-0.25, -0.2) is 0 Å². The van der Waals surface area contributed by atoms with Crippen LogP contribution in [0.25, 0.3) is 6.08 Å². The second-order valence-corrected chi connectivity index (χ2v) is 6.20. The summed E-state index contributed by atoms with van der Waals surface area (Å²) < 4.78 is 0. The highest BCUT2D eigenvalue weighted by Gasteiger charge is 2.22. The van der Waals surface area contributed by atoms with Crippen molar-refractivity contribution < 1.29 is 0 Å². The van der Waals surface area contributed by atoms with Gasteiger partial charge in [-0.05, 0) is 17.5 Å². The summed E-state index contributed by atoms with van der Waals surface area (Å²) in [6, 6.07) is 8.52. The molecule has 0 bridgehead atoms. The lowest BCUT2D eigenvalue weighted by atomic mass is 10.1. The van der Waals surface area contributed by atoms with Crippen molar-refractivity contribution in [3.05, 3.63) is 41.5 Å². The summed E-state index contributed by atoms with van der Waals surface area (Å²) in [5.41, 5.74) is 2.52. The van der Waals surface area contributed by atoms with Crippen LogP contribution < -0.4 is 0 Å². The van der Waals surface area contributed by atoms with E-state index in [-0.39, 0.29) is 6.04 Å². The predicted molar refractivity (Wildman–Crippen MR) is 93.1 cm³/mol. The van der Waals surface area contributed by atoms with Gasteiger partial charge in [-0.3, -0.25) is 4.90 Å². The molecule has 1 aromatic carbocycles. The zero-order chi connectivity index (χ0) is 15.6. The Morgan fingerprint density at radius 2 is 1.68 bits per heavy atom. The SMILES string of the molecule is CCCCCCCCCCN(C#N)C1C=Cc2ccccc21. The Balaban J connectivity index is 1.69. The molecule has 0 aliphatic heterocycles. The van der Waals surface area contributed by atoms with Crippen molar-refractivity contribution in [1.29, 1.82) is 5.26 Å². The molecule has 0 heterocycles. The standard InChI is InChI=1S/C20H28N2/c1-2-3-4-5-6-7-8-11-16-22(17-21)20-15-14-18-12-9-10-13-19(18)20/h9-10,12-15,20H,2-8,11,16H2,1H3. The van der Waals surface area contributed by atoms with E-state index in [9.17, 15) is 5.26 Å². The normalized spacial score (nSPS) is 15.5. The summed E-state index contributed by atoms with van der Waals surface area (Å²) in [5, 5.41) is 9.45. The number of rotatable bonds is 10. The van der Waals surface area contributed by atoms with E-state index in [1.165, 1.54) is 56.1 Å². The zero-order valence-corrected chi connectivity index (χ0v) is 13.8. The fourth-order valence-corrected chi connectivity index (χ4v) is 3.17. The van der Waals surface area contributed by atoms with Gasteiger partial charge in [-0.2, -0.15) is 5.26 Å². The third-order valence-corrected chi connectivity index (χ3v) is 4.49. The molecule has 2 nitrogen and oxygen atoms in total. The Morgan fingerprint density at radius 3 is 2.41 bits per heavy atom. The number of nitrogens with zero attached hydrogens (tertiary/aromatic N) is 2. The van der Waals surface area contributed by atoms with E-state index in [0.29, 0.717) is 0 Å². The van der Waals surface area contributed by atoms with E-state index in [2.05, 4.69) is 49.5 Å². The van der Waals surface area contributed by atoms with Crippen molar-refractivity contribution in [1.82, 2.24) is 4.90 Å². The van der Waals surface area contributed by atoms with Crippen LogP contribution >= 0.6 is 0 Å². The lowest BCUT2D eigenvalue weighted by molar-refractivity contribution is 0.331. The first-order valence-electron chi connectivity index (χ1n) is 8.80. The first-order chi connectivity index (χ1) is 10.9. The second kappa shape index (κ2) is 9.30. The maximum Gasteiger partial charge on any atom is 0.180 e. The Morgan fingerprint density at radius 1 is 1.00 bits per heavy atom. The lowest BCUT2D eigenvalue weighted by Gasteiger charge is -2.23. The number of hydrogen-bond donors (Lipinski definition) is 0. The molecule has 0 saturated heterocycles. The largest absolute Gasteiger partial charge is 0.299 e. The van der Waals surface area contributed by atoms with E-state index < -0.39 is 0 Å². The van der Waals surface area contributed by atoms with Crippen molar-refractivity contribution in [2.24, 2.45) is 0 Å². The Kier molecular flexibility index (Phi) is 7.03. The van der Waals surface area contributed by atoms with Crippen LogP contribution in [0.5, 0.6) is 0 Å². The Bertz CT molecular complexity index is 513. The molecule has 0 fully saturated rings. The monoisotopic (exact) mass is 296 g/mol. The molecule has 0 saturated carbocycles. The van der Waals surface area contributed by atoms with E-state index in [0.717, 1.165) is 13.0 Å². The quantitative estimate of drug-likeness (QED) is 0.315. The molecule has 1 atom stereocenters. The third-order valence-electron chi connectivity index (χ3n) is 4.49. The minimum atomic E-state index is 0.144. The first-order valence-corrected chi connectivity index (χ1v) is 8.80. The van der Waals surface area contributed by atoms with Crippen molar-refractivity contribution in [3.63, 3.8) is 0 Å². The van der Waals surface area contributed by atoms with Gasteiger partial charge >= 0.3 is 0 Å². The van der Waals surface area contributed by atoms with Crippen molar-refractivity contribution >= 4 is 6.08 Å². The molecule has 2 heteroatoms. The highest BCUT2D eigenvalue weighted by atomic mass is 15.1. The molecular weight excluding hydrogens is 268 g/mol. The molecule has 0 aromatic heterocycles. The molecule has 22 heavy (non-hydrogen) atoms. The van der Waals surface area contributed by atoms with Gasteiger partial charge in [-0.15, -0.1) is 0 Å². The summed E-state index contributed by atoms with van der Waals surface area (Å²) in [5.74, 6) is 0. The molecule has 0 radical (unpaired) electrons. The molecule has 0 N–H and O–H groups in total. The summed E-state index contributed by atoms with van der Waals surface area (Å²) >= 11 is 0. The van der Waals surface area contributed by atoms with E-state index in [4.69, 9.17) is 0 Å². The topological polar surface area (TPSA) is 27.0 Å². The molecule has 1 aliphatic carbocycles. The fourth-order valence-electron chi connectivity index (χ4n) is 3.17. The van der Waals surface area contributed by atoms with Gasteiger partial charge in [0.15, 0.2) is 6.19 Å². The van der Waals surface area contributed by atoms with Gasteiger partial charge in [-0.1, -0.05) is 88.3 Å². The van der Waals surface area contributed by atoms with Crippen molar-refractivity contribution in [2.75, 3.05) is 6.54 Å². The molecule has 0 spiro atoms. The Labute approximate surface area is 135 Å². The first kappa shape index (κ1) is 16.6. The molecule has 1 aromatic rings. The molecule has 1 unspecified atom stereocenters. The van der Waals surface area contributed by atoms with E-state index in [1.807, 2.05) is 4.90 Å². The summed E-state index contributed by atoms with van der Waals surface area (Å²) in [6.07, 6.45) is 17.1. The van der Waals surface area contributed by atoms with Crippen LogP contribution in [0.4, 0.5) is 0 Å². The van der Waals surface area contributed by atoms with Crippen molar-refractivity contribution in [3.8, 4) is 6.19 Å². The maximum absolute atomic E-state index is 9.45. The smallest absolute Gasteiger partial charge is 0.180 e. The van der Waals surface area contributed by atoms with Crippen LogP contribution in [0.2, 0.25) is 0 Å². The van der Waals surface area contributed by atoms with Crippen LogP contribution in [0.3, 0.4) is 0 Å². The summed E-state index contributed by atoms with van der Waals surface area (Å²) in [4.78, 5) is 1.93. The molecule has 0 amide bonds. The number of nitriles is 1. The maximum atomic E-state index is 9.45. The highest BCUT2D eigenvalue weighted by Crippen LogP contribution is 2.32. The Hall–Kier alpha value is -1.75. The average Bonchev–Trinajstić information content (AvgIpc) is 2.98. The highest BCUT2D eigenvalue weighted by molar-refractivity contribution is 5.62. The number of unbranched alkanes of at least 4 members (excludes halogenated alkanes) is 7. The third kappa shape index (κ3) is 4.63. The van der Waals surface area contributed by atoms with Gasteiger partial charge in [0.05, 0.1) is 6.04 Å². The van der Waals surface area contributed by atoms with Gasteiger partial charge in [0.1, 0.15) is 0 Å². The van der Waals surface area contributed by atoms with Crippen LogP contribution in [0, 0.1) is 11.5 Å². The number of fused-ring (bicyclic) bond motifs is 1. The van der Waals surface area contributed by atoms with Crippen LogP contribution in [0.1, 0.15) is 75.5 Å². The molecular formula is C20H28N2. The number of benzene rings is 1. The molecule has 1 aliphatic rings. The summed E-state index contributed by atoms with van der Waals surface area (Å²) in [6.45, 7) is 3.13. The average molecular weight is 296 g/mol. The number of hydrogen-bond acceptors (Lipinski definition) is 2. The zero-order valence-electron chi connectivity index (χ0n) is 13.8. The van der Waals surface area contributed by atoms with Gasteiger partial charge in [0.25, 0.3) is 0 Å². The molecule has 2 rings (SSSR count). The van der Waals surface area contributed by atoms with E-state index in [1.54, 1.807) is 0 Å². The van der Waals surface area contributed by atoms with Crippen LogP contribution in [0.15, 0.2) is 30.3 Å². The second-order valence-electron chi connectivity index (χ2n) is 6.20. The predicted octanol–water partition coefficient (Wildman–Crippen LogP) is 5.68. The lowest BCUT2D eigenvalue weighted by Crippen LogP contribution is -2.23. The van der Waals surface area contributed by atoms with E-state index >= 15 is 0 Å². The van der Waals surface area contributed by atoms with Gasteiger partial charge in [0, 0.05) is 6.54 Å². The summed E-state index contributed by atoms with van der Waals surface area (Å²) in [7, 11) is 0. The van der Waals surface area contributed by atoms with Crippen LogP contribution in [-0.2, 0) is 0 Å². The van der Waals surface area contributed by atoms with Gasteiger partial charge < -0.3 is 0 Å².